The Morgan fingerprint density at radius 3 is 2.38 bits per heavy atom. The SMILES string of the molecule is CN(Cc1ccc(Cl)s1)CN1C(=O)[C@H]2CCCC[C@@H]2C1=O. The van der Waals surface area contributed by atoms with Crippen molar-refractivity contribution in [1.29, 1.82) is 0 Å². The van der Waals surface area contributed by atoms with Gasteiger partial charge in [0.2, 0.25) is 11.8 Å². The molecular formula is C15H19ClN2O2S. The molecule has 0 N–H and O–H groups in total. The zero-order chi connectivity index (χ0) is 15.0. The Balaban J connectivity index is 1.64. The first-order valence-electron chi connectivity index (χ1n) is 7.34. The minimum absolute atomic E-state index is 0.0285. The lowest BCUT2D eigenvalue weighted by atomic mass is 9.81. The van der Waals surface area contributed by atoms with Gasteiger partial charge in [0.05, 0.1) is 22.8 Å². The van der Waals surface area contributed by atoms with Crippen molar-refractivity contribution in [3.8, 4) is 0 Å². The fourth-order valence-corrected chi connectivity index (χ4v) is 4.53. The molecule has 2 heterocycles. The first-order valence-corrected chi connectivity index (χ1v) is 8.53. The first kappa shape index (κ1) is 15.0. The Hall–Kier alpha value is -0.910. The number of fused-ring (bicyclic) bond motifs is 1. The number of halogens is 1. The molecule has 2 fully saturated rings. The quantitative estimate of drug-likeness (QED) is 0.799. The van der Waals surface area contributed by atoms with Gasteiger partial charge in [-0.3, -0.25) is 19.4 Å². The van der Waals surface area contributed by atoms with Crippen LogP contribution >= 0.6 is 22.9 Å². The van der Waals surface area contributed by atoms with Gasteiger partial charge >= 0.3 is 0 Å². The summed E-state index contributed by atoms with van der Waals surface area (Å²) in [5, 5.41) is 0. The van der Waals surface area contributed by atoms with Crippen LogP contribution in [-0.2, 0) is 16.1 Å². The van der Waals surface area contributed by atoms with Crippen LogP contribution in [0, 0.1) is 11.8 Å². The van der Waals surface area contributed by atoms with Crippen LogP contribution in [0.5, 0.6) is 0 Å². The monoisotopic (exact) mass is 326 g/mol. The molecule has 2 aliphatic rings. The maximum absolute atomic E-state index is 12.4. The molecule has 0 aromatic carbocycles. The summed E-state index contributed by atoms with van der Waals surface area (Å²) in [6, 6.07) is 3.85. The van der Waals surface area contributed by atoms with Gasteiger partial charge in [-0.1, -0.05) is 24.4 Å². The molecule has 3 rings (SSSR count). The number of hydrogen-bond acceptors (Lipinski definition) is 4. The molecule has 21 heavy (non-hydrogen) atoms. The largest absolute Gasteiger partial charge is 0.284 e. The molecule has 0 unspecified atom stereocenters. The molecular weight excluding hydrogens is 308 g/mol. The van der Waals surface area contributed by atoms with Gasteiger partial charge in [-0.25, -0.2) is 0 Å². The van der Waals surface area contributed by atoms with Crippen molar-refractivity contribution in [3.05, 3.63) is 21.3 Å². The number of amides is 2. The lowest BCUT2D eigenvalue weighted by Gasteiger charge is -2.22. The van der Waals surface area contributed by atoms with Gasteiger partial charge in [-0.05, 0) is 32.0 Å². The van der Waals surface area contributed by atoms with Crippen molar-refractivity contribution in [2.45, 2.75) is 32.2 Å². The molecule has 0 radical (unpaired) electrons. The number of hydrogen-bond donors (Lipinski definition) is 0. The van der Waals surface area contributed by atoms with E-state index in [4.69, 9.17) is 11.6 Å². The van der Waals surface area contributed by atoms with Crippen molar-refractivity contribution in [2.75, 3.05) is 13.7 Å². The number of rotatable bonds is 4. The molecule has 1 aliphatic carbocycles. The molecule has 114 valence electrons. The van der Waals surface area contributed by atoms with Crippen molar-refractivity contribution < 1.29 is 9.59 Å². The van der Waals surface area contributed by atoms with E-state index in [9.17, 15) is 9.59 Å². The Kier molecular flexibility index (Phi) is 4.33. The van der Waals surface area contributed by atoms with Crippen molar-refractivity contribution in [2.24, 2.45) is 11.8 Å². The molecule has 1 aromatic heterocycles. The molecule has 4 nitrogen and oxygen atoms in total. The minimum atomic E-state index is -0.0594. The van der Waals surface area contributed by atoms with Crippen LogP contribution in [0.25, 0.3) is 0 Å². The zero-order valence-electron chi connectivity index (χ0n) is 12.0. The van der Waals surface area contributed by atoms with E-state index in [0.29, 0.717) is 13.2 Å². The Morgan fingerprint density at radius 1 is 1.24 bits per heavy atom. The summed E-state index contributed by atoms with van der Waals surface area (Å²) in [6.07, 6.45) is 3.88. The summed E-state index contributed by atoms with van der Waals surface area (Å²) in [7, 11) is 1.93. The zero-order valence-corrected chi connectivity index (χ0v) is 13.6. The predicted molar refractivity (Wildman–Crippen MR) is 83.0 cm³/mol. The molecule has 0 spiro atoms. The smallest absolute Gasteiger partial charge is 0.234 e. The van der Waals surface area contributed by atoms with E-state index < -0.39 is 0 Å². The molecule has 0 bridgehead atoms. The summed E-state index contributed by atoms with van der Waals surface area (Å²) >= 11 is 7.46. The van der Waals surface area contributed by atoms with E-state index in [0.717, 1.165) is 34.9 Å². The van der Waals surface area contributed by atoms with E-state index in [2.05, 4.69) is 0 Å². The summed E-state index contributed by atoms with van der Waals surface area (Å²) < 4.78 is 0.762. The summed E-state index contributed by atoms with van der Waals surface area (Å²) in [6.45, 7) is 1.07. The van der Waals surface area contributed by atoms with Crippen LogP contribution in [0.15, 0.2) is 12.1 Å². The van der Waals surface area contributed by atoms with Gasteiger partial charge in [-0.15, -0.1) is 11.3 Å². The average Bonchev–Trinajstić information content (AvgIpc) is 2.97. The van der Waals surface area contributed by atoms with E-state index in [1.54, 1.807) is 0 Å². The fourth-order valence-electron chi connectivity index (χ4n) is 3.36. The van der Waals surface area contributed by atoms with Gasteiger partial charge in [0, 0.05) is 11.4 Å². The lowest BCUT2D eigenvalue weighted by Crippen LogP contribution is -2.39. The number of imide groups is 1. The fraction of sp³-hybridized carbons (Fsp3) is 0.600. The van der Waals surface area contributed by atoms with Gasteiger partial charge in [0.25, 0.3) is 0 Å². The van der Waals surface area contributed by atoms with E-state index >= 15 is 0 Å². The van der Waals surface area contributed by atoms with Crippen molar-refractivity contribution in [1.82, 2.24) is 9.80 Å². The maximum Gasteiger partial charge on any atom is 0.234 e. The van der Waals surface area contributed by atoms with Gasteiger partial charge in [-0.2, -0.15) is 0 Å². The number of carbonyl (C=O) groups excluding carboxylic acids is 2. The maximum atomic E-state index is 12.4. The van der Waals surface area contributed by atoms with Crippen molar-refractivity contribution >= 4 is 34.8 Å². The van der Waals surface area contributed by atoms with Crippen LogP contribution in [0.2, 0.25) is 4.34 Å². The molecule has 1 saturated carbocycles. The van der Waals surface area contributed by atoms with Crippen LogP contribution in [0.4, 0.5) is 0 Å². The first-order chi connectivity index (χ1) is 10.1. The molecule has 1 aromatic rings. The summed E-state index contributed by atoms with van der Waals surface area (Å²) in [5.74, 6) is -0.0619. The van der Waals surface area contributed by atoms with Crippen LogP contribution < -0.4 is 0 Å². The number of nitrogens with zero attached hydrogens (tertiary/aromatic N) is 2. The van der Waals surface area contributed by atoms with Crippen LogP contribution in [-0.4, -0.2) is 35.3 Å². The Labute approximate surface area is 133 Å². The standard InChI is InChI=1S/C15H19ClN2O2S/c1-17(8-10-6-7-13(16)21-10)9-18-14(19)11-4-2-3-5-12(11)15(18)20/h6-7,11-12H,2-5,8-9H2,1H3/t11-,12-/m0/s1. The molecule has 2 amide bonds. The molecule has 2 atom stereocenters. The number of thiophene rings is 1. The van der Waals surface area contributed by atoms with E-state index in [1.807, 2.05) is 24.1 Å². The van der Waals surface area contributed by atoms with E-state index in [1.165, 1.54) is 16.2 Å². The Morgan fingerprint density at radius 2 is 1.86 bits per heavy atom. The second-order valence-electron chi connectivity index (χ2n) is 5.96. The normalized spacial score (nSPS) is 25.8. The highest BCUT2D eigenvalue weighted by molar-refractivity contribution is 7.16. The van der Waals surface area contributed by atoms with Gasteiger partial charge in [0.1, 0.15) is 0 Å². The second kappa shape index (κ2) is 6.07. The topological polar surface area (TPSA) is 40.6 Å². The second-order valence-corrected chi connectivity index (χ2v) is 7.76. The highest BCUT2D eigenvalue weighted by Gasteiger charge is 2.48. The summed E-state index contributed by atoms with van der Waals surface area (Å²) in [4.78, 5) is 29.4. The highest BCUT2D eigenvalue weighted by atomic mass is 35.5. The van der Waals surface area contributed by atoms with Crippen LogP contribution in [0.1, 0.15) is 30.6 Å². The predicted octanol–water partition coefficient (Wildman–Crippen LogP) is 2.97. The molecule has 1 saturated heterocycles. The number of likely N-dealkylation sites (tertiary alicyclic amines) is 1. The third-order valence-electron chi connectivity index (χ3n) is 4.37. The van der Waals surface area contributed by atoms with Gasteiger partial charge < -0.3 is 0 Å². The van der Waals surface area contributed by atoms with Crippen LogP contribution in [0.3, 0.4) is 0 Å². The molecule has 6 heteroatoms. The van der Waals surface area contributed by atoms with Crippen molar-refractivity contribution in [3.63, 3.8) is 0 Å². The summed E-state index contributed by atoms with van der Waals surface area (Å²) in [5.41, 5.74) is 0. The third kappa shape index (κ3) is 3.00. The lowest BCUT2D eigenvalue weighted by molar-refractivity contribution is -0.142. The Bertz CT molecular complexity index is 536. The average molecular weight is 327 g/mol. The highest BCUT2D eigenvalue weighted by Crippen LogP contribution is 2.38. The van der Waals surface area contributed by atoms with E-state index in [-0.39, 0.29) is 23.7 Å². The minimum Gasteiger partial charge on any atom is -0.284 e. The third-order valence-corrected chi connectivity index (χ3v) is 5.59. The molecule has 1 aliphatic heterocycles. The van der Waals surface area contributed by atoms with Gasteiger partial charge in [0.15, 0.2) is 0 Å². The number of carbonyl (C=O) groups is 2.